The zero-order valence-electron chi connectivity index (χ0n) is 10.6. The highest BCUT2D eigenvalue weighted by atomic mass is 32.1. The molecule has 0 unspecified atom stereocenters. The van der Waals surface area contributed by atoms with Crippen LogP contribution in [0.15, 0.2) is 18.2 Å². The number of hydrogen-bond donors (Lipinski definition) is 1. The van der Waals surface area contributed by atoms with E-state index in [0.29, 0.717) is 4.77 Å². The van der Waals surface area contributed by atoms with Gasteiger partial charge in [0.2, 0.25) is 0 Å². The van der Waals surface area contributed by atoms with Crippen molar-refractivity contribution in [2.75, 3.05) is 0 Å². The second-order valence-electron chi connectivity index (χ2n) is 4.51. The summed E-state index contributed by atoms with van der Waals surface area (Å²) in [5, 5.41) is 6.45. The van der Waals surface area contributed by atoms with Crippen molar-refractivity contribution in [2.45, 2.75) is 26.1 Å². The maximum Gasteiger partial charge on any atom is 0.419 e. The fourth-order valence-corrected chi connectivity index (χ4v) is 2.21. The molecule has 1 heterocycles. The van der Waals surface area contributed by atoms with Crippen LogP contribution < -0.4 is 0 Å². The smallest absolute Gasteiger partial charge is 0.298 e. The predicted molar refractivity (Wildman–Crippen MR) is 68.2 cm³/mol. The standard InChI is InChI=1S/C12H11F4N3S/c1-6(2)19-10(17-18-11(19)20)7-3-4-9(13)8(5-7)12(14,15)16/h3-6H,1-2H3,(H,18,20). The van der Waals surface area contributed by atoms with Crippen molar-refractivity contribution in [3.63, 3.8) is 0 Å². The number of hydrogen-bond acceptors (Lipinski definition) is 2. The largest absolute Gasteiger partial charge is 0.419 e. The molecule has 0 saturated carbocycles. The maximum atomic E-state index is 13.3. The van der Waals surface area contributed by atoms with Crippen LogP contribution in [0, 0.1) is 10.6 Å². The van der Waals surface area contributed by atoms with Gasteiger partial charge in [-0.3, -0.25) is 9.67 Å². The van der Waals surface area contributed by atoms with Gasteiger partial charge in [0.1, 0.15) is 5.82 Å². The number of aromatic nitrogens is 3. The van der Waals surface area contributed by atoms with E-state index in [9.17, 15) is 17.6 Å². The van der Waals surface area contributed by atoms with E-state index in [1.807, 2.05) is 13.8 Å². The molecular weight excluding hydrogens is 294 g/mol. The fraction of sp³-hybridized carbons (Fsp3) is 0.333. The number of rotatable bonds is 2. The van der Waals surface area contributed by atoms with Crippen LogP contribution in [0.4, 0.5) is 17.6 Å². The summed E-state index contributed by atoms with van der Waals surface area (Å²) in [5.74, 6) is -1.07. The van der Waals surface area contributed by atoms with Gasteiger partial charge in [0, 0.05) is 11.6 Å². The Morgan fingerprint density at radius 3 is 2.50 bits per heavy atom. The third-order valence-corrected chi connectivity index (χ3v) is 3.04. The zero-order valence-corrected chi connectivity index (χ0v) is 11.4. The van der Waals surface area contributed by atoms with Crippen LogP contribution in [0.2, 0.25) is 0 Å². The third kappa shape index (κ3) is 2.60. The molecule has 0 bridgehead atoms. The Balaban J connectivity index is 2.63. The van der Waals surface area contributed by atoms with Gasteiger partial charge >= 0.3 is 6.18 Å². The topological polar surface area (TPSA) is 33.6 Å². The van der Waals surface area contributed by atoms with Crippen LogP contribution in [0.3, 0.4) is 0 Å². The van der Waals surface area contributed by atoms with Crippen molar-refractivity contribution in [1.29, 1.82) is 0 Å². The van der Waals surface area contributed by atoms with Crippen LogP contribution in [0.1, 0.15) is 25.5 Å². The Morgan fingerprint density at radius 2 is 1.95 bits per heavy atom. The lowest BCUT2D eigenvalue weighted by Gasteiger charge is -2.12. The Morgan fingerprint density at radius 1 is 1.30 bits per heavy atom. The van der Waals surface area contributed by atoms with Crippen molar-refractivity contribution in [2.24, 2.45) is 0 Å². The molecule has 1 N–H and O–H groups in total. The Kier molecular flexibility index (Phi) is 3.68. The minimum Gasteiger partial charge on any atom is -0.298 e. The summed E-state index contributed by atoms with van der Waals surface area (Å²) in [7, 11) is 0. The Bertz CT molecular complexity index is 685. The number of nitrogens with zero attached hydrogens (tertiary/aromatic N) is 2. The lowest BCUT2D eigenvalue weighted by Crippen LogP contribution is -2.09. The molecule has 3 nitrogen and oxygen atoms in total. The van der Waals surface area contributed by atoms with Gasteiger partial charge in [0.15, 0.2) is 10.6 Å². The van der Waals surface area contributed by atoms with Gasteiger partial charge in [0.25, 0.3) is 0 Å². The fourth-order valence-electron chi connectivity index (χ4n) is 1.87. The molecule has 0 aliphatic heterocycles. The SMILES string of the molecule is CC(C)n1c(-c2ccc(F)c(C(F)(F)F)c2)n[nH]c1=S. The van der Waals surface area contributed by atoms with Gasteiger partial charge in [-0.2, -0.15) is 18.3 Å². The minimum absolute atomic E-state index is 0.0874. The molecule has 0 spiro atoms. The van der Waals surface area contributed by atoms with E-state index >= 15 is 0 Å². The van der Waals surface area contributed by atoms with Crippen molar-refractivity contribution < 1.29 is 17.6 Å². The summed E-state index contributed by atoms with van der Waals surface area (Å²) in [6.07, 6.45) is -4.75. The monoisotopic (exact) mass is 305 g/mol. The molecule has 1 aromatic carbocycles. The van der Waals surface area contributed by atoms with Crippen LogP contribution >= 0.6 is 12.2 Å². The number of H-pyrrole nitrogens is 1. The Labute approximate surface area is 117 Å². The van der Waals surface area contributed by atoms with Gasteiger partial charge < -0.3 is 0 Å². The second kappa shape index (κ2) is 5.01. The van der Waals surface area contributed by atoms with E-state index in [1.54, 1.807) is 4.57 Å². The average molecular weight is 305 g/mol. The summed E-state index contributed by atoms with van der Waals surface area (Å²) in [6.45, 7) is 3.64. The molecule has 1 aromatic heterocycles. The predicted octanol–water partition coefficient (Wildman–Crippen LogP) is 4.35. The average Bonchev–Trinajstić information content (AvgIpc) is 2.70. The van der Waals surface area contributed by atoms with Gasteiger partial charge in [0.05, 0.1) is 5.56 Å². The van der Waals surface area contributed by atoms with Gasteiger partial charge in [-0.1, -0.05) is 0 Å². The van der Waals surface area contributed by atoms with Gasteiger partial charge in [-0.25, -0.2) is 4.39 Å². The normalized spacial score (nSPS) is 12.2. The van der Waals surface area contributed by atoms with E-state index in [0.717, 1.165) is 12.1 Å². The number of alkyl halides is 3. The van der Waals surface area contributed by atoms with Crippen molar-refractivity contribution >= 4 is 12.2 Å². The molecule has 8 heteroatoms. The van der Waals surface area contributed by atoms with Crippen molar-refractivity contribution in [1.82, 2.24) is 14.8 Å². The summed E-state index contributed by atoms with van der Waals surface area (Å²) >= 11 is 5.03. The second-order valence-corrected chi connectivity index (χ2v) is 4.90. The highest BCUT2D eigenvalue weighted by Gasteiger charge is 2.34. The molecule has 0 atom stereocenters. The summed E-state index contributed by atoms with van der Waals surface area (Å²) in [6, 6.07) is 2.67. The first-order valence-corrected chi connectivity index (χ1v) is 6.16. The van der Waals surface area contributed by atoms with E-state index < -0.39 is 17.6 Å². The number of aromatic amines is 1. The lowest BCUT2D eigenvalue weighted by molar-refractivity contribution is -0.139. The van der Waals surface area contributed by atoms with E-state index in [2.05, 4.69) is 10.2 Å². The Hall–Kier alpha value is -1.70. The molecule has 2 aromatic rings. The quantitative estimate of drug-likeness (QED) is 0.661. The van der Waals surface area contributed by atoms with Gasteiger partial charge in [-0.15, -0.1) is 0 Å². The number of nitrogens with one attached hydrogen (secondary N) is 1. The van der Waals surface area contributed by atoms with E-state index in [-0.39, 0.29) is 17.4 Å². The highest BCUT2D eigenvalue weighted by Crippen LogP contribution is 2.34. The van der Waals surface area contributed by atoms with Crippen LogP contribution in [0.25, 0.3) is 11.4 Å². The summed E-state index contributed by atoms with van der Waals surface area (Å²) in [4.78, 5) is 0. The molecule has 20 heavy (non-hydrogen) atoms. The number of halogens is 4. The highest BCUT2D eigenvalue weighted by molar-refractivity contribution is 7.71. The van der Waals surface area contributed by atoms with Crippen LogP contribution in [-0.4, -0.2) is 14.8 Å². The molecule has 108 valence electrons. The molecule has 0 fully saturated rings. The molecule has 2 rings (SSSR count). The maximum absolute atomic E-state index is 13.3. The molecule has 0 aliphatic rings. The first-order chi connectivity index (χ1) is 9.21. The first kappa shape index (κ1) is 14.7. The first-order valence-electron chi connectivity index (χ1n) is 5.76. The van der Waals surface area contributed by atoms with E-state index in [4.69, 9.17) is 12.2 Å². The molecular formula is C12H11F4N3S. The lowest BCUT2D eigenvalue weighted by atomic mass is 10.1. The number of benzene rings is 1. The summed E-state index contributed by atoms with van der Waals surface area (Å²) < 4.78 is 53.3. The molecule has 0 amide bonds. The molecule has 0 radical (unpaired) electrons. The molecule has 0 aliphatic carbocycles. The van der Waals surface area contributed by atoms with Gasteiger partial charge in [-0.05, 0) is 44.3 Å². The minimum atomic E-state index is -4.75. The third-order valence-electron chi connectivity index (χ3n) is 2.75. The van der Waals surface area contributed by atoms with Crippen LogP contribution in [0.5, 0.6) is 0 Å². The zero-order chi connectivity index (χ0) is 15.1. The van der Waals surface area contributed by atoms with Crippen molar-refractivity contribution in [3.8, 4) is 11.4 Å². The van der Waals surface area contributed by atoms with Crippen LogP contribution in [-0.2, 0) is 6.18 Å². The summed E-state index contributed by atoms with van der Waals surface area (Å²) in [5.41, 5.74) is -1.17. The molecule has 0 saturated heterocycles. The van der Waals surface area contributed by atoms with E-state index in [1.165, 1.54) is 6.07 Å². The van der Waals surface area contributed by atoms with Crippen molar-refractivity contribution in [3.05, 3.63) is 34.4 Å².